The van der Waals surface area contributed by atoms with Gasteiger partial charge in [0.25, 0.3) is 0 Å². The molecule has 0 saturated carbocycles. The number of hydrogen-bond acceptors (Lipinski definition) is 5. The Balaban J connectivity index is 1.82. The molecular formula is C22H31N3O4S. The van der Waals surface area contributed by atoms with Crippen LogP contribution in [-0.4, -0.2) is 92.9 Å². The van der Waals surface area contributed by atoms with E-state index >= 15 is 0 Å². The molecule has 6 atom stereocenters. The van der Waals surface area contributed by atoms with Gasteiger partial charge in [0.15, 0.2) is 0 Å². The van der Waals surface area contributed by atoms with Gasteiger partial charge in [-0.3, -0.25) is 14.4 Å². The van der Waals surface area contributed by atoms with Gasteiger partial charge in [0.05, 0.1) is 29.2 Å². The summed E-state index contributed by atoms with van der Waals surface area (Å²) >= 11 is 1.58. The molecule has 0 aromatic heterocycles. The van der Waals surface area contributed by atoms with Crippen LogP contribution in [0.3, 0.4) is 0 Å². The second-order valence-corrected chi connectivity index (χ2v) is 10.3. The number of aliphatic hydroxyl groups is 1. The molecule has 1 N–H and O–H groups in total. The smallest absolute Gasteiger partial charge is 0.247 e. The van der Waals surface area contributed by atoms with Crippen molar-refractivity contribution in [3.8, 4) is 0 Å². The van der Waals surface area contributed by atoms with E-state index in [0.717, 1.165) is 12.8 Å². The third-order valence-electron chi connectivity index (χ3n) is 6.90. The predicted molar refractivity (Wildman–Crippen MR) is 116 cm³/mol. The molecule has 4 aliphatic rings. The lowest BCUT2D eigenvalue weighted by Gasteiger charge is -2.37. The summed E-state index contributed by atoms with van der Waals surface area (Å²) in [6.07, 6.45) is 9.91. The van der Waals surface area contributed by atoms with E-state index in [-0.39, 0.29) is 29.6 Å². The van der Waals surface area contributed by atoms with Crippen molar-refractivity contribution in [2.45, 2.75) is 48.8 Å². The molecule has 164 valence electrons. The molecule has 2 saturated heterocycles. The summed E-state index contributed by atoms with van der Waals surface area (Å²) in [5, 5.41) is 9.74. The van der Waals surface area contributed by atoms with Crippen LogP contribution in [0.25, 0.3) is 0 Å². The Morgan fingerprint density at radius 3 is 2.67 bits per heavy atom. The summed E-state index contributed by atoms with van der Waals surface area (Å²) < 4.78 is -0.786. The zero-order chi connectivity index (χ0) is 21.6. The standard InChI is InChI=1S/C22H31N3O4S/c1-4-5-11-24-12-7-9-22-17(16-15(30-22)8-6-10-23(3)19(16)27)20(28)25(14(2)13-26)18(22)21(24)29/h6-9,14-18,26H,4-5,10-13H2,1-3H3/t14-,15-,16+,17+,18?,22+/m1/s1. The molecule has 0 aromatic carbocycles. The molecular weight excluding hydrogens is 402 g/mol. The molecule has 0 radical (unpaired) electrons. The van der Waals surface area contributed by atoms with E-state index in [4.69, 9.17) is 0 Å². The van der Waals surface area contributed by atoms with Crippen molar-refractivity contribution >= 4 is 29.5 Å². The van der Waals surface area contributed by atoms with Gasteiger partial charge in [-0.25, -0.2) is 0 Å². The third kappa shape index (κ3) is 3.02. The van der Waals surface area contributed by atoms with Gasteiger partial charge in [-0.2, -0.15) is 0 Å². The molecule has 8 heteroatoms. The van der Waals surface area contributed by atoms with Crippen molar-refractivity contribution < 1.29 is 19.5 Å². The van der Waals surface area contributed by atoms with Crippen molar-refractivity contribution in [2.24, 2.45) is 11.8 Å². The first-order valence-corrected chi connectivity index (χ1v) is 11.7. The van der Waals surface area contributed by atoms with Crippen molar-refractivity contribution in [2.75, 3.05) is 33.3 Å². The Hall–Kier alpha value is -1.80. The topological polar surface area (TPSA) is 81.2 Å². The highest BCUT2D eigenvalue weighted by Gasteiger charge is 2.71. The maximum absolute atomic E-state index is 13.7. The van der Waals surface area contributed by atoms with E-state index in [1.54, 1.807) is 35.5 Å². The van der Waals surface area contributed by atoms with Crippen LogP contribution in [0, 0.1) is 11.8 Å². The van der Waals surface area contributed by atoms with E-state index in [1.807, 2.05) is 29.2 Å². The SMILES string of the molecule is CCCCN1CC=C[C@]23S[C@@H]4C=CCN(C)C(=O)[C@@H]4[C@H]2C(=O)N([C@H](C)CO)C3C1=O. The van der Waals surface area contributed by atoms with E-state index < -0.39 is 28.7 Å². The Labute approximate surface area is 182 Å². The summed E-state index contributed by atoms with van der Waals surface area (Å²) in [5.74, 6) is -1.40. The van der Waals surface area contributed by atoms with Crippen molar-refractivity contribution in [1.82, 2.24) is 14.7 Å². The highest BCUT2D eigenvalue weighted by molar-refractivity contribution is 8.02. The maximum Gasteiger partial charge on any atom is 0.247 e. The molecule has 1 spiro atoms. The monoisotopic (exact) mass is 433 g/mol. The molecule has 30 heavy (non-hydrogen) atoms. The zero-order valence-corrected chi connectivity index (χ0v) is 18.7. The highest BCUT2D eigenvalue weighted by Crippen LogP contribution is 2.61. The Kier molecular flexibility index (Phi) is 5.74. The Morgan fingerprint density at radius 2 is 1.97 bits per heavy atom. The number of hydrogen-bond donors (Lipinski definition) is 1. The number of carbonyl (C=O) groups is 3. The average molecular weight is 434 g/mol. The minimum Gasteiger partial charge on any atom is -0.394 e. The largest absolute Gasteiger partial charge is 0.394 e. The number of thioether (sulfide) groups is 1. The van der Waals surface area contributed by atoms with Gasteiger partial charge in [-0.15, -0.1) is 11.8 Å². The molecule has 0 aromatic rings. The number of unbranched alkanes of at least 4 members (excludes halogenated alkanes) is 1. The maximum atomic E-state index is 13.7. The van der Waals surface area contributed by atoms with E-state index in [2.05, 4.69) is 6.92 Å². The second-order valence-electron chi connectivity index (χ2n) is 8.81. The third-order valence-corrected chi connectivity index (χ3v) is 8.65. The van der Waals surface area contributed by atoms with Crippen LogP contribution in [0.4, 0.5) is 0 Å². The van der Waals surface area contributed by atoms with E-state index in [1.165, 1.54) is 0 Å². The minimum atomic E-state index is -0.786. The van der Waals surface area contributed by atoms with Crippen LogP contribution < -0.4 is 0 Å². The van der Waals surface area contributed by atoms with E-state index in [0.29, 0.717) is 19.6 Å². The molecule has 4 heterocycles. The van der Waals surface area contributed by atoms with Crippen LogP contribution in [0.5, 0.6) is 0 Å². The highest BCUT2D eigenvalue weighted by atomic mass is 32.2. The quantitative estimate of drug-likeness (QED) is 0.652. The van der Waals surface area contributed by atoms with Crippen LogP contribution in [0.2, 0.25) is 0 Å². The number of amides is 3. The van der Waals surface area contributed by atoms with Gasteiger partial charge in [0.1, 0.15) is 6.04 Å². The number of likely N-dealkylation sites (N-methyl/N-ethyl adjacent to an activating group) is 1. The number of rotatable bonds is 5. The fraction of sp³-hybridized carbons (Fsp3) is 0.682. The summed E-state index contributed by atoms with van der Waals surface area (Å²) in [5.41, 5.74) is 0. The molecule has 4 rings (SSSR count). The number of carbonyl (C=O) groups excluding carboxylic acids is 3. The molecule has 2 fully saturated rings. The van der Waals surface area contributed by atoms with Crippen molar-refractivity contribution in [1.29, 1.82) is 0 Å². The second kappa shape index (κ2) is 8.04. The summed E-state index contributed by atoms with van der Waals surface area (Å²) in [6.45, 7) is 5.33. The molecule has 1 unspecified atom stereocenters. The molecule has 3 amide bonds. The summed E-state index contributed by atoms with van der Waals surface area (Å²) in [4.78, 5) is 45.8. The van der Waals surface area contributed by atoms with Gasteiger partial charge < -0.3 is 19.8 Å². The fourth-order valence-electron chi connectivity index (χ4n) is 5.36. The lowest BCUT2D eigenvalue weighted by Crippen LogP contribution is -2.56. The van der Waals surface area contributed by atoms with Gasteiger partial charge >= 0.3 is 0 Å². The lowest BCUT2D eigenvalue weighted by molar-refractivity contribution is -0.146. The van der Waals surface area contributed by atoms with Gasteiger partial charge in [-0.05, 0) is 13.3 Å². The van der Waals surface area contributed by atoms with Gasteiger partial charge in [-0.1, -0.05) is 37.6 Å². The summed E-state index contributed by atoms with van der Waals surface area (Å²) in [6, 6.07) is -1.18. The van der Waals surface area contributed by atoms with Crippen LogP contribution in [0.1, 0.15) is 26.7 Å². The van der Waals surface area contributed by atoms with Gasteiger partial charge in [0.2, 0.25) is 17.7 Å². The Morgan fingerprint density at radius 1 is 1.20 bits per heavy atom. The number of nitrogens with zero attached hydrogens (tertiary/aromatic N) is 3. The average Bonchev–Trinajstić information content (AvgIpc) is 3.07. The van der Waals surface area contributed by atoms with Crippen LogP contribution >= 0.6 is 11.8 Å². The van der Waals surface area contributed by atoms with Crippen LogP contribution in [-0.2, 0) is 14.4 Å². The van der Waals surface area contributed by atoms with Crippen molar-refractivity contribution in [3.05, 3.63) is 24.3 Å². The molecule has 0 bridgehead atoms. The van der Waals surface area contributed by atoms with Crippen LogP contribution in [0.15, 0.2) is 24.3 Å². The normalized spacial score (nSPS) is 36.5. The van der Waals surface area contributed by atoms with Gasteiger partial charge in [0, 0.05) is 31.9 Å². The summed E-state index contributed by atoms with van der Waals surface area (Å²) in [7, 11) is 1.76. The molecule has 7 nitrogen and oxygen atoms in total. The zero-order valence-electron chi connectivity index (χ0n) is 17.9. The van der Waals surface area contributed by atoms with E-state index in [9.17, 15) is 19.5 Å². The number of likely N-dealkylation sites (tertiary alicyclic amines) is 1. The number of aliphatic hydroxyl groups excluding tert-OH is 1. The minimum absolute atomic E-state index is 0.0436. The number of fused-ring (bicyclic) bond motifs is 2. The fourth-order valence-corrected chi connectivity index (χ4v) is 7.36. The Bertz CT molecular complexity index is 799. The first-order valence-electron chi connectivity index (χ1n) is 10.9. The predicted octanol–water partition coefficient (Wildman–Crippen LogP) is 0.891. The first-order chi connectivity index (χ1) is 14.4. The van der Waals surface area contributed by atoms with Crippen molar-refractivity contribution in [3.63, 3.8) is 0 Å². The first kappa shape index (κ1) is 21.4. The lowest BCUT2D eigenvalue weighted by atomic mass is 9.78. The molecule has 0 aliphatic carbocycles. The molecule has 4 aliphatic heterocycles.